The molecule has 0 bridgehead atoms. The van der Waals surface area contributed by atoms with Gasteiger partial charge in [-0.15, -0.1) is 0 Å². The first-order chi connectivity index (χ1) is 22.3. The standard InChI is InChI=1S/C33H41N7O7/c1-7-33(47-31(43)35-18(2)3)23-13-26-27-19(15-40(26)29(41)22(23)17-45-30(33)42)12-20-21(16-37(4)5)28(24(34)14-25(20)36-27)46-32(44)39-10-8-38(6)9-11-39/h12-14,18H,7-11,15-17,34H2,1-6H3,(H,35,43)/t33-/m0/s1. The molecule has 2 aromatic heterocycles. The van der Waals surface area contributed by atoms with Gasteiger partial charge in [0.15, 0.2) is 5.75 Å². The quantitative estimate of drug-likeness (QED) is 0.234. The molecule has 5 heterocycles. The van der Waals surface area contributed by atoms with Crippen LogP contribution in [0.2, 0.25) is 0 Å². The van der Waals surface area contributed by atoms with E-state index in [1.54, 1.807) is 42.4 Å². The van der Waals surface area contributed by atoms with E-state index in [-0.39, 0.29) is 42.4 Å². The Balaban J connectivity index is 1.45. The SMILES string of the molecule is CC[C@@]1(OC(=O)NC(C)C)C(=O)OCc2c1cc1n(c2=O)Cc2cc3c(CN(C)C)c(OC(=O)N4CCN(C)CC4)c(N)cc3nc2-1. The van der Waals surface area contributed by atoms with Crippen LogP contribution in [0.1, 0.15) is 49.4 Å². The molecule has 3 N–H and O–H groups in total. The van der Waals surface area contributed by atoms with Gasteiger partial charge >= 0.3 is 18.2 Å². The number of rotatable bonds is 6. The Bertz CT molecular complexity index is 1850. The lowest BCUT2D eigenvalue weighted by Gasteiger charge is -2.35. The van der Waals surface area contributed by atoms with Crippen molar-refractivity contribution in [2.75, 3.05) is 53.1 Å². The topological polar surface area (TPSA) is 162 Å². The fourth-order valence-corrected chi connectivity index (χ4v) is 6.51. The van der Waals surface area contributed by atoms with Gasteiger partial charge in [0.25, 0.3) is 5.56 Å². The van der Waals surface area contributed by atoms with Crippen molar-refractivity contribution in [3.05, 3.63) is 50.8 Å². The van der Waals surface area contributed by atoms with Gasteiger partial charge in [-0.1, -0.05) is 6.92 Å². The third kappa shape index (κ3) is 5.65. The van der Waals surface area contributed by atoms with Crippen molar-refractivity contribution >= 4 is 34.7 Å². The Kier molecular flexibility index (Phi) is 8.34. The normalized spacial score (nSPS) is 19.0. The fourth-order valence-electron chi connectivity index (χ4n) is 6.51. The minimum absolute atomic E-state index is 0.0608. The number of esters is 1. The predicted octanol–water partition coefficient (Wildman–Crippen LogP) is 2.61. The van der Waals surface area contributed by atoms with Gasteiger partial charge in [0, 0.05) is 60.8 Å². The van der Waals surface area contributed by atoms with Crippen LogP contribution in [0.15, 0.2) is 23.0 Å². The van der Waals surface area contributed by atoms with Gasteiger partial charge in [-0.3, -0.25) is 4.79 Å². The fraction of sp³-hybridized carbons (Fsp3) is 0.485. The molecule has 0 aliphatic carbocycles. The number of ether oxygens (including phenoxy) is 3. The van der Waals surface area contributed by atoms with Crippen LogP contribution < -0.4 is 21.3 Å². The highest BCUT2D eigenvalue weighted by atomic mass is 16.6. The lowest BCUT2D eigenvalue weighted by atomic mass is 9.85. The summed E-state index contributed by atoms with van der Waals surface area (Å²) in [5, 5.41) is 3.39. The summed E-state index contributed by atoms with van der Waals surface area (Å²) >= 11 is 0. The third-order valence-electron chi connectivity index (χ3n) is 8.96. The van der Waals surface area contributed by atoms with Crippen LogP contribution in [0.5, 0.6) is 5.75 Å². The maximum absolute atomic E-state index is 13.9. The van der Waals surface area contributed by atoms with Crippen LogP contribution in [0, 0.1) is 0 Å². The number of nitrogens with two attached hydrogens (primary N) is 1. The molecular weight excluding hydrogens is 606 g/mol. The molecule has 1 atom stereocenters. The summed E-state index contributed by atoms with van der Waals surface area (Å²) in [4.78, 5) is 63.9. The van der Waals surface area contributed by atoms with Crippen molar-refractivity contribution in [2.45, 2.75) is 58.5 Å². The number of benzene rings is 1. The molecule has 2 amide bonds. The van der Waals surface area contributed by atoms with Crippen molar-refractivity contribution < 1.29 is 28.6 Å². The van der Waals surface area contributed by atoms with Gasteiger partial charge in [0.1, 0.15) is 6.61 Å². The molecule has 3 aromatic rings. The van der Waals surface area contributed by atoms with Crippen LogP contribution in [-0.4, -0.2) is 95.8 Å². The van der Waals surface area contributed by atoms with E-state index in [0.717, 1.165) is 24.0 Å². The monoisotopic (exact) mass is 647 g/mol. The number of likely N-dealkylation sites (N-methyl/N-ethyl adjacent to an activating group) is 1. The molecule has 0 spiro atoms. The zero-order valence-electron chi connectivity index (χ0n) is 27.6. The molecule has 1 fully saturated rings. The van der Waals surface area contributed by atoms with Gasteiger partial charge in [0.2, 0.25) is 5.60 Å². The number of aromatic nitrogens is 2. The number of nitrogen functional groups attached to an aromatic ring is 1. The van der Waals surface area contributed by atoms with Crippen LogP contribution in [0.25, 0.3) is 22.3 Å². The van der Waals surface area contributed by atoms with Crippen LogP contribution in [-0.2, 0) is 39.6 Å². The van der Waals surface area contributed by atoms with Gasteiger partial charge in [-0.2, -0.15) is 0 Å². The smallest absolute Gasteiger partial charge is 0.415 e. The zero-order valence-corrected chi connectivity index (χ0v) is 27.6. The largest absolute Gasteiger partial charge is 0.457 e. The molecule has 3 aliphatic heterocycles. The first kappa shape index (κ1) is 32.3. The number of amides is 2. The number of fused-ring (bicyclic) bond motifs is 5. The second kappa shape index (κ2) is 12.2. The molecule has 1 saturated heterocycles. The number of hydrogen-bond acceptors (Lipinski definition) is 11. The van der Waals surface area contributed by atoms with E-state index < -0.39 is 23.8 Å². The van der Waals surface area contributed by atoms with Gasteiger partial charge in [0.05, 0.1) is 34.7 Å². The third-order valence-corrected chi connectivity index (χ3v) is 8.96. The second-order valence-electron chi connectivity index (χ2n) is 13.0. The van der Waals surface area contributed by atoms with Crippen molar-refractivity contribution in [1.29, 1.82) is 0 Å². The van der Waals surface area contributed by atoms with E-state index in [9.17, 15) is 19.2 Å². The summed E-state index contributed by atoms with van der Waals surface area (Å²) in [6.07, 6.45) is -1.18. The molecule has 0 saturated carbocycles. The van der Waals surface area contributed by atoms with E-state index in [1.807, 2.05) is 32.1 Å². The minimum Gasteiger partial charge on any atom is -0.457 e. The first-order valence-electron chi connectivity index (χ1n) is 15.8. The highest BCUT2D eigenvalue weighted by Gasteiger charge is 2.50. The highest BCUT2D eigenvalue weighted by Crippen LogP contribution is 2.42. The molecule has 47 heavy (non-hydrogen) atoms. The van der Waals surface area contributed by atoms with Gasteiger partial charge < -0.3 is 44.5 Å². The average Bonchev–Trinajstić information content (AvgIpc) is 3.37. The van der Waals surface area contributed by atoms with E-state index in [0.29, 0.717) is 53.4 Å². The molecule has 14 nitrogen and oxygen atoms in total. The number of carbonyl (C=O) groups is 3. The molecular formula is C33H41N7O7. The van der Waals surface area contributed by atoms with Crippen LogP contribution in [0.3, 0.4) is 0 Å². The average molecular weight is 648 g/mol. The van der Waals surface area contributed by atoms with Crippen molar-refractivity contribution in [3.63, 3.8) is 0 Å². The van der Waals surface area contributed by atoms with E-state index in [4.69, 9.17) is 24.9 Å². The molecule has 3 aliphatic rings. The van der Waals surface area contributed by atoms with Crippen molar-refractivity contribution in [3.8, 4) is 17.1 Å². The first-order valence-corrected chi connectivity index (χ1v) is 15.8. The number of nitrogens with zero attached hydrogens (tertiary/aromatic N) is 5. The Morgan fingerprint density at radius 1 is 1.15 bits per heavy atom. The summed E-state index contributed by atoms with van der Waals surface area (Å²) in [7, 11) is 5.84. The summed E-state index contributed by atoms with van der Waals surface area (Å²) in [5.74, 6) is -0.444. The molecule has 1 aromatic carbocycles. The van der Waals surface area contributed by atoms with Crippen LogP contribution in [0.4, 0.5) is 15.3 Å². The minimum atomic E-state index is -1.80. The number of piperazine rings is 1. The van der Waals surface area contributed by atoms with Gasteiger partial charge in [-0.25, -0.2) is 19.4 Å². The Labute approximate surface area is 272 Å². The molecule has 0 radical (unpaired) electrons. The predicted molar refractivity (Wildman–Crippen MR) is 174 cm³/mol. The van der Waals surface area contributed by atoms with Crippen molar-refractivity contribution in [2.24, 2.45) is 0 Å². The number of cyclic esters (lactones) is 1. The summed E-state index contributed by atoms with van der Waals surface area (Å²) in [6, 6.07) is 5.11. The number of anilines is 1. The molecule has 6 rings (SSSR count). The molecule has 14 heteroatoms. The summed E-state index contributed by atoms with van der Waals surface area (Å²) in [5.41, 5.74) is 8.27. The Morgan fingerprint density at radius 2 is 1.87 bits per heavy atom. The summed E-state index contributed by atoms with van der Waals surface area (Å²) < 4.78 is 18.7. The number of nitrogens with one attached hydrogen (secondary N) is 1. The summed E-state index contributed by atoms with van der Waals surface area (Å²) in [6.45, 7) is 8.28. The maximum atomic E-state index is 13.9. The number of carbonyl (C=O) groups excluding carboxylic acids is 3. The zero-order chi connectivity index (χ0) is 33.8. The van der Waals surface area contributed by atoms with E-state index in [1.165, 1.54) is 0 Å². The number of alkyl carbamates (subject to hydrolysis) is 1. The van der Waals surface area contributed by atoms with Crippen LogP contribution >= 0.6 is 0 Å². The van der Waals surface area contributed by atoms with E-state index in [2.05, 4.69) is 10.2 Å². The second-order valence-corrected chi connectivity index (χ2v) is 13.0. The number of pyridine rings is 2. The molecule has 0 unspecified atom stereocenters. The van der Waals surface area contributed by atoms with E-state index >= 15 is 0 Å². The highest BCUT2D eigenvalue weighted by molar-refractivity contribution is 5.94. The lowest BCUT2D eigenvalue weighted by molar-refractivity contribution is -0.172. The molecule has 250 valence electrons. The lowest BCUT2D eigenvalue weighted by Crippen LogP contribution is -2.49. The Hall–Kier alpha value is -4.69. The van der Waals surface area contributed by atoms with Gasteiger partial charge in [-0.05, 0) is 59.6 Å². The Morgan fingerprint density at radius 3 is 2.53 bits per heavy atom. The van der Waals surface area contributed by atoms with Crippen molar-refractivity contribution in [1.82, 2.24) is 29.6 Å². The number of hydrogen-bond donors (Lipinski definition) is 2. The maximum Gasteiger partial charge on any atom is 0.415 e.